The minimum absolute atomic E-state index is 0.0333. The number of halogens is 7. The van der Waals surface area contributed by atoms with Gasteiger partial charge in [-0.05, 0) is 47.0 Å². The molecule has 11 heteroatoms. The first-order chi connectivity index (χ1) is 15.8. The number of aliphatic carboxylic acids is 1. The van der Waals surface area contributed by atoms with E-state index in [-0.39, 0.29) is 39.1 Å². The summed E-state index contributed by atoms with van der Waals surface area (Å²) in [5.41, 5.74) is -0.324. The van der Waals surface area contributed by atoms with Crippen molar-refractivity contribution in [3.05, 3.63) is 81.3 Å². The van der Waals surface area contributed by atoms with E-state index in [1.807, 2.05) is 0 Å². The number of hydrogen-bond acceptors (Lipinski definition) is 3. The Balaban J connectivity index is 1.94. The Kier molecular flexibility index (Phi) is 7.28. The highest BCUT2D eigenvalue weighted by atomic mass is 35.5. The van der Waals surface area contributed by atoms with Crippen molar-refractivity contribution in [2.24, 2.45) is 0 Å². The van der Waals surface area contributed by atoms with E-state index in [1.165, 1.54) is 36.4 Å². The van der Waals surface area contributed by atoms with Gasteiger partial charge in [0.2, 0.25) is 0 Å². The molecule has 0 aliphatic carbocycles. The molecule has 0 aliphatic rings. The first-order valence-electron chi connectivity index (χ1n) is 9.49. The average molecular weight is 521 g/mol. The number of hydrogen-bond donors (Lipinski definition) is 2. The zero-order valence-electron chi connectivity index (χ0n) is 17.0. The average Bonchev–Trinajstić information content (AvgIpc) is 2.75. The Morgan fingerprint density at radius 3 is 2.18 bits per heavy atom. The number of phenolic OH excluding ortho intramolecular Hbond substituents is 1. The number of aromatic hydroxyl groups is 1. The lowest BCUT2D eigenvalue weighted by molar-refractivity contribution is -0.289. The van der Waals surface area contributed by atoms with Crippen molar-refractivity contribution < 1.29 is 41.7 Å². The van der Waals surface area contributed by atoms with Crippen LogP contribution in [0.2, 0.25) is 10.0 Å². The summed E-state index contributed by atoms with van der Waals surface area (Å²) < 4.78 is 70.9. The van der Waals surface area contributed by atoms with Crippen LogP contribution >= 0.6 is 23.2 Å². The predicted octanol–water partition coefficient (Wildman–Crippen LogP) is 7.07. The summed E-state index contributed by atoms with van der Waals surface area (Å²) in [6.07, 6.45) is -5.66. The van der Waals surface area contributed by atoms with Crippen LogP contribution in [0.15, 0.2) is 54.6 Å². The highest BCUT2D eigenvalue weighted by molar-refractivity contribution is 6.36. The van der Waals surface area contributed by atoms with Gasteiger partial charge in [0.1, 0.15) is 11.5 Å². The molecule has 0 bridgehead atoms. The van der Waals surface area contributed by atoms with Gasteiger partial charge in [-0.25, -0.2) is 4.79 Å². The molecule has 0 heterocycles. The minimum Gasteiger partial charge on any atom is -0.507 e. The lowest BCUT2D eigenvalue weighted by Crippen LogP contribution is -2.33. The second-order valence-electron chi connectivity index (χ2n) is 7.23. The Hall–Kier alpha value is -3.04. The van der Waals surface area contributed by atoms with E-state index in [4.69, 9.17) is 33.0 Å². The largest absolute Gasteiger partial charge is 0.507 e. The maximum absolute atomic E-state index is 13.8. The summed E-state index contributed by atoms with van der Waals surface area (Å²) >= 11 is 12.5. The smallest absolute Gasteiger partial charge is 0.458 e. The fraction of sp³-hybridized carbons (Fsp3) is 0.174. The van der Waals surface area contributed by atoms with Gasteiger partial charge in [-0.15, -0.1) is 0 Å². The van der Waals surface area contributed by atoms with Crippen LogP contribution in [0.3, 0.4) is 0 Å². The van der Waals surface area contributed by atoms with Crippen LogP contribution in [-0.2, 0) is 17.1 Å². The van der Waals surface area contributed by atoms with Crippen molar-refractivity contribution in [2.45, 2.75) is 18.5 Å². The topological polar surface area (TPSA) is 66.8 Å². The normalized spacial score (nSPS) is 12.0. The van der Waals surface area contributed by atoms with Crippen molar-refractivity contribution in [3.8, 4) is 22.6 Å². The van der Waals surface area contributed by atoms with Crippen LogP contribution < -0.4 is 4.74 Å². The molecule has 3 aromatic rings. The van der Waals surface area contributed by atoms with Crippen molar-refractivity contribution >= 4 is 29.2 Å². The highest BCUT2D eigenvalue weighted by Gasteiger charge is 2.58. The molecule has 0 saturated heterocycles. The Morgan fingerprint density at radius 2 is 1.59 bits per heavy atom. The first kappa shape index (κ1) is 25.6. The maximum atomic E-state index is 13.8. The van der Waals surface area contributed by atoms with E-state index in [1.54, 1.807) is 0 Å². The molecule has 0 aromatic heterocycles. The number of carbonyl (C=O) groups is 1. The fourth-order valence-corrected chi connectivity index (χ4v) is 3.75. The standard InChI is InChI=1S/C23H15Cl2F5O4/c24-18-9-15(34-11-21(32)33)10-19(25)17(18)7-12-4-5-20(31)16(6-12)13-2-1-3-14(8-13)22(26,27)23(28,29)30/h1-6,8-10,31H,7,11H2,(H,32,33). The third-order valence-corrected chi connectivity index (χ3v) is 5.49. The third-order valence-electron chi connectivity index (χ3n) is 4.81. The van der Waals surface area contributed by atoms with Gasteiger partial charge in [0.15, 0.2) is 6.61 Å². The van der Waals surface area contributed by atoms with Gasteiger partial charge in [-0.3, -0.25) is 0 Å². The Bertz CT molecular complexity index is 1210. The minimum atomic E-state index is -5.77. The van der Waals surface area contributed by atoms with E-state index >= 15 is 0 Å². The number of carboxylic acid groups (broad SMARTS) is 1. The van der Waals surface area contributed by atoms with Crippen LogP contribution in [0.25, 0.3) is 11.1 Å². The molecular formula is C23H15Cl2F5O4. The predicted molar refractivity (Wildman–Crippen MR) is 116 cm³/mol. The zero-order valence-corrected chi connectivity index (χ0v) is 18.5. The zero-order chi connectivity index (χ0) is 25.3. The van der Waals surface area contributed by atoms with E-state index in [9.17, 15) is 31.9 Å². The fourth-order valence-electron chi connectivity index (χ4n) is 3.15. The molecule has 0 fully saturated rings. The van der Waals surface area contributed by atoms with Gasteiger partial charge in [0, 0.05) is 27.6 Å². The summed E-state index contributed by atoms with van der Waals surface area (Å²) in [5.74, 6) is -6.45. The summed E-state index contributed by atoms with van der Waals surface area (Å²) in [7, 11) is 0. The van der Waals surface area contributed by atoms with Gasteiger partial charge in [0.25, 0.3) is 0 Å². The third kappa shape index (κ3) is 5.53. The van der Waals surface area contributed by atoms with Gasteiger partial charge in [0.05, 0.1) is 0 Å². The maximum Gasteiger partial charge on any atom is 0.458 e. The molecule has 0 spiro atoms. The number of phenols is 1. The van der Waals surface area contributed by atoms with Crippen molar-refractivity contribution in [2.75, 3.05) is 6.61 Å². The Morgan fingerprint density at radius 1 is 0.941 bits per heavy atom. The molecule has 0 radical (unpaired) electrons. The lowest BCUT2D eigenvalue weighted by atomic mass is 9.96. The van der Waals surface area contributed by atoms with Gasteiger partial charge in [-0.2, -0.15) is 22.0 Å². The molecule has 0 atom stereocenters. The monoisotopic (exact) mass is 520 g/mol. The second-order valence-corrected chi connectivity index (χ2v) is 8.04. The Labute approximate surface area is 200 Å². The first-order valence-corrected chi connectivity index (χ1v) is 10.2. The molecule has 3 aromatic carbocycles. The molecule has 0 saturated carbocycles. The molecule has 0 amide bonds. The molecule has 180 valence electrons. The number of carboxylic acids is 1. The van der Waals surface area contributed by atoms with Gasteiger partial charge < -0.3 is 14.9 Å². The van der Waals surface area contributed by atoms with Crippen LogP contribution in [0.4, 0.5) is 22.0 Å². The van der Waals surface area contributed by atoms with E-state index in [0.29, 0.717) is 23.3 Å². The molecule has 4 nitrogen and oxygen atoms in total. The summed E-state index contributed by atoms with van der Waals surface area (Å²) in [4.78, 5) is 10.6. The van der Waals surface area contributed by atoms with Crippen molar-refractivity contribution in [1.82, 2.24) is 0 Å². The molecule has 34 heavy (non-hydrogen) atoms. The van der Waals surface area contributed by atoms with Crippen LogP contribution in [-0.4, -0.2) is 29.0 Å². The second kappa shape index (κ2) is 9.68. The van der Waals surface area contributed by atoms with Crippen LogP contribution in [0.5, 0.6) is 11.5 Å². The van der Waals surface area contributed by atoms with Crippen LogP contribution in [0.1, 0.15) is 16.7 Å². The van der Waals surface area contributed by atoms with Gasteiger partial charge >= 0.3 is 18.1 Å². The van der Waals surface area contributed by atoms with E-state index in [0.717, 1.165) is 6.07 Å². The van der Waals surface area contributed by atoms with Crippen LogP contribution in [0, 0.1) is 0 Å². The van der Waals surface area contributed by atoms with E-state index < -0.39 is 30.2 Å². The number of benzene rings is 3. The van der Waals surface area contributed by atoms with Crippen molar-refractivity contribution in [1.29, 1.82) is 0 Å². The SMILES string of the molecule is O=C(O)COc1cc(Cl)c(Cc2ccc(O)c(-c3cccc(C(F)(F)C(F)(F)F)c3)c2)c(Cl)c1. The number of rotatable bonds is 7. The van der Waals surface area contributed by atoms with Gasteiger partial charge in [-0.1, -0.05) is 47.5 Å². The van der Waals surface area contributed by atoms with Crippen molar-refractivity contribution in [3.63, 3.8) is 0 Å². The summed E-state index contributed by atoms with van der Waals surface area (Å²) in [6, 6.07) is 10.6. The highest BCUT2D eigenvalue weighted by Crippen LogP contribution is 2.45. The molecule has 0 aliphatic heterocycles. The molecule has 3 rings (SSSR count). The number of ether oxygens (including phenoxy) is 1. The molecular weight excluding hydrogens is 506 g/mol. The van der Waals surface area contributed by atoms with E-state index in [2.05, 4.69) is 0 Å². The summed E-state index contributed by atoms with van der Waals surface area (Å²) in [6.45, 7) is -0.597. The quantitative estimate of drug-likeness (QED) is 0.327. The lowest BCUT2D eigenvalue weighted by Gasteiger charge is -2.20. The summed E-state index contributed by atoms with van der Waals surface area (Å²) in [5, 5.41) is 19.3. The molecule has 2 N–H and O–H groups in total. The number of alkyl halides is 5. The molecule has 0 unspecified atom stereocenters.